The van der Waals surface area contributed by atoms with Gasteiger partial charge >= 0.3 is 12.0 Å². The Morgan fingerprint density at radius 1 is 1.29 bits per heavy atom. The quantitative estimate of drug-likeness (QED) is 0.778. The second-order valence-corrected chi connectivity index (χ2v) is 4.43. The molecule has 1 aliphatic rings. The van der Waals surface area contributed by atoms with E-state index in [1.807, 2.05) is 24.3 Å². The van der Waals surface area contributed by atoms with Gasteiger partial charge in [0.15, 0.2) is 0 Å². The molecule has 0 radical (unpaired) electrons. The molecule has 1 aromatic rings. The van der Waals surface area contributed by atoms with Gasteiger partial charge in [0.2, 0.25) is 0 Å². The third kappa shape index (κ3) is 2.65. The maximum atomic E-state index is 11.3. The van der Waals surface area contributed by atoms with Crippen LogP contribution in [0.3, 0.4) is 0 Å². The predicted octanol–water partition coefficient (Wildman–Crippen LogP) is 1.77. The first-order chi connectivity index (χ1) is 8.06. The third-order valence-corrected chi connectivity index (χ3v) is 2.86. The Bertz CT molecular complexity index is 496. The fourth-order valence-corrected chi connectivity index (χ4v) is 1.79. The smallest absolute Gasteiger partial charge is 0.352 e. The van der Waals surface area contributed by atoms with Gasteiger partial charge in [-0.2, -0.15) is 0 Å². The molecule has 1 aliphatic heterocycles. The van der Waals surface area contributed by atoms with Gasteiger partial charge in [0.05, 0.1) is 6.04 Å². The molecule has 0 saturated carbocycles. The first-order valence-electron chi connectivity index (χ1n) is 4.84. The highest BCUT2D eigenvalue weighted by Crippen LogP contribution is 2.20. The van der Waals surface area contributed by atoms with Crippen molar-refractivity contribution in [3.8, 4) is 0 Å². The minimum atomic E-state index is -1.15. The molecular formula is C11H9BrN2O3. The summed E-state index contributed by atoms with van der Waals surface area (Å²) in [5, 5.41) is 13.7. The number of halogens is 1. The van der Waals surface area contributed by atoms with Crippen molar-refractivity contribution in [2.45, 2.75) is 6.04 Å². The third-order valence-electron chi connectivity index (χ3n) is 2.33. The number of carboxylic acid groups (broad SMARTS) is 1. The van der Waals surface area contributed by atoms with Crippen molar-refractivity contribution in [2.24, 2.45) is 0 Å². The Kier molecular flexibility index (Phi) is 3.14. The topological polar surface area (TPSA) is 78.4 Å². The fourth-order valence-electron chi connectivity index (χ4n) is 1.52. The van der Waals surface area contributed by atoms with Crippen LogP contribution >= 0.6 is 15.9 Å². The van der Waals surface area contributed by atoms with Gasteiger partial charge in [-0.05, 0) is 23.8 Å². The summed E-state index contributed by atoms with van der Waals surface area (Å²) in [6.07, 6.45) is 1.47. The van der Waals surface area contributed by atoms with E-state index in [1.165, 1.54) is 6.08 Å². The molecule has 1 aromatic carbocycles. The predicted molar refractivity (Wildman–Crippen MR) is 64.3 cm³/mol. The molecule has 0 aromatic heterocycles. The van der Waals surface area contributed by atoms with Crippen LogP contribution in [0.1, 0.15) is 11.6 Å². The van der Waals surface area contributed by atoms with Gasteiger partial charge in [-0.25, -0.2) is 9.59 Å². The number of urea groups is 1. The highest BCUT2D eigenvalue weighted by molar-refractivity contribution is 9.10. The van der Waals surface area contributed by atoms with Crippen LogP contribution in [0.15, 0.2) is 40.5 Å². The molecule has 0 fully saturated rings. The molecule has 3 N–H and O–H groups in total. The van der Waals surface area contributed by atoms with E-state index in [0.717, 1.165) is 10.0 Å². The van der Waals surface area contributed by atoms with Crippen molar-refractivity contribution in [1.29, 1.82) is 0 Å². The molecule has 0 spiro atoms. The lowest BCUT2D eigenvalue weighted by Gasteiger charge is -2.22. The Balaban J connectivity index is 2.32. The van der Waals surface area contributed by atoms with Crippen molar-refractivity contribution in [3.05, 3.63) is 46.1 Å². The number of nitrogens with one attached hydrogen (secondary N) is 2. The van der Waals surface area contributed by atoms with Crippen molar-refractivity contribution in [2.75, 3.05) is 0 Å². The highest BCUT2D eigenvalue weighted by Gasteiger charge is 2.22. The van der Waals surface area contributed by atoms with Crippen LogP contribution in [0.4, 0.5) is 4.79 Å². The summed E-state index contributed by atoms with van der Waals surface area (Å²) >= 11 is 3.31. The largest absolute Gasteiger partial charge is 0.477 e. The monoisotopic (exact) mass is 296 g/mol. The van der Waals surface area contributed by atoms with Crippen molar-refractivity contribution < 1.29 is 14.7 Å². The van der Waals surface area contributed by atoms with E-state index < -0.39 is 18.0 Å². The van der Waals surface area contributed by atoms with E-state index in [2.05, 4.69) is 26.6 Å². The molecular weight excluding hydrogens is 288 g/mol. The van der Waals surface area contributed by atoms with Gasteiger partial charge in [-0.1, -0.05) is 28.1 Å². The van der Waals surface area contributed by atoms with Crippen LogP contribution in [-0.2, 0) is 4.79 Å². The first kappa shape index (κ1) is 11.7. The number of benzene rings is 1. The lowest BCUT2D eigenvalue weighted by atomic mass is 10.0. The van der Waals surface area contributed by atoms with Crippen LogP contribution in [0.5, 0.6) is 0 Å². The number of carbonyl (C=O) groups excluding carboxylic acids is 1. The minimum absolute atomic E-state index is 0.110. The van der Waals surface area contributed by atoms with E-state index in [1.54, 1.807) is 0 Å². The average Bonchev–Trinajstić information content (AvgIpc) is 2.29. The second-order valence-electron chi connectivity index (χ2n) is 3.51. The summed E-state index contributed by atoms with van der Waals surface area (Å²) in [4.78, 5) is 22.1. The van der Waals surface area contributed by atoms with Crippen LogP contribution in [0, 0.1) is 0 Å². The number of amides is 2. The van der Waals surface area contributed by atoms with E-state index in [9.17, 15) is 9.59 Å². The average molecular weight is 297 g/mol. The van der Waals surface area contributed by atoms with Gasteiger partial charge in [0.25, 0.3) is 0 Å². The zero-order valence-electron chi connectivity index (χ0n) is 8.61. The Morgan fingerprint density at radius 2 is 1.94 bits per heavy atom. The van der Waals surface area contributed by atoms with Gasteiger partial charge in [-0.15, -0.1) is 0 Å². The van der Waals surface area contributed by atoms with Crippen LogP contribution in [-0.4, -0.2) is 17.1 Å². The van der Waals surface area contributed by atoms with E-state index in [-0.39, 0.29) is 5.70 Å². The number of hydrogen-bond acceptors (Lipinski definition) is 2. The Labute approximate surface area is 106 Å². The zero-order valence-corrected chi connectivity index (χ0v) is 10.2. The fraction of sp³-hybridized carbons (Fsp3) is 0.0909. The molecule has 0 unspecified atom stereocenters. The Hall–Kier alpha value is -1.82. The lowest BCUT2D eigenvalue weighted by Crippen LogP contribution is -2.43. The maximum Gasteiger partial charge on any atom is 0.352 e. The molecule has 6 heteroatoms. The van der Waals surface area contributed by atoms with E-state index in [0.29, 0.717) is 0 Å². The summed E-state index contributed by atoms with van der Waals surface area (Å²) in [7, 11) is 0. The molecule has 17 heavy (non-hydrogen) atoms. The van der Waals surface area contributed by atoms with Crippen LogP contribution < -0.4 is 10.6 Å². The first-order valence-corrected chi connectivity index (χ1v) is 5.63. The van der Waals surface area contributed by atoms with Crippen LogP contribution in [0.25, 0.3) is 0 Å². The molecule has 0 bridgehead atoms. The summed E-state index contributed by atoms with van der Waals surface area (Å²) in [6, 6.07) is 6.35. The van der Waals surface area contributed by atoms with Crippen molar-refractivity contribution in [1.82, 2.24) is 10.6 Å². The number of carbonyl (C=O) groups is 2. The van der Waals surface area contributed by atoms with Gasteiger partial charge in [0, 0.05) is 4.47 Å². The summed E-state index contributed by atoms with van der Waals surface area (Å²) < 4.78 is 0.920. The summed E-state index contributed by atoms with van der Waals surface area (Å²) in [5.41, 5.74) is 0.712. The maximum absolute atomic E-state index is 11.3. The normalized spacial score (nSPS) is 19.0. The van der Waals surface area contributed by atoms with Gasteiger partial charge < -0.3 is 15.7 Å². The minimum Gasteiger partial charge on any atom is -0.477 e. The molecule has 2 amide bonds. The van der Waals surface area contributed by atoms with Crippen molar-refractivity contribution >= 4 is 27.9 Å². The molecule has 1 atom stereocenters. The van der Waals surface area contributed by atoms with E-state index in [4.69, 9.17) is 5.11 Å². The molecule has 0 saturated heterocycles. The molecule has 5 nitrogen and oxygen atoms in total. The summed E-state index contributed by atoms with van der Waals surface area (Å²) in [5.74, 6) is -1.15. The Morgan fingerprint density at radius 3 is 2.53 bits per heavy atom. The van der Waals surface area contributed by atoms with Crippen LogP contribution in [0.2, 0.25) is 0 Å². The molecule has 1 heterocycles. The molecule has 0 aliphatic carbocycles. The van der Waals surface area contributed by atoms with E-state index >= 15 is 0 Å². The number of rotatable bonds is 2. The second kappa shape index (κ2) is 4.58. The molecule has 88 valence electrons. The standard InChI is InChI=1S/C11H9BrN2O3/c12-7-3-1-6(2-4-7)8-5-9(10(15)16)14-11(17)13-8/h1-5,8H,(H,15,16)(H2,13,14,17)/t8-/m1/s1. The van der Waals surface area contributed by atoms with Gasteiger partial charge in [0.1, 0.15) is 5.70 Å². The number of aliphatic carboxylic acids is 1. The lowest BCUT2D eigenvalue weighted by molar-refractivity contribution is -0.133. The zero-order chi connectivity index (χ0) is 12.4. The van der Waals surface area contributed by atoms with Gasteiger partial charge in [-0.3, -0.25) is 0 Å². The SMILES string of the molecule is O=C1NC(C(=O)O)=C[C@H](c2ccc(Br)cc2)N1. The molecule has 2 rings (SSSR count). The summed E-state index contributed by atoms with van der Waals surface area (Å²) in [6.45, 7) is 0. The number of carboxylic acids is 1. The number of hydrogen-bond donors (Lipinski definition) is 3. The highest BCUT2D eigenvalue weighted by atomic mass is 79.9. The van der Waals surface area contributed by atoms with Crippen molar-refractivity contribution in [3.63, 3.8) is 0 Å².